The number of ether oxygens (including phenoxy) is 2. The third-order valence-corrected chi connectivity index (χ3v) is 3.70. The second kappa shape index (κ2) is 6.76. The van der Waals surface area contributed by atoms with Gasteiger partial charge in [0, 0.05) is 5.56 Å². The van der Waals surface area contributed by atoms with Gasteiger partial charge in [-0.05, 0) is 19.1 Å². The molecule has 0 aliphatic heterocycles. The molecule has 1 aromatic heterocycles. The largest absolute Gasteiger partial charge is 0.493 e. The highest BCUT2D eigenvalue weighted by atomic mass is 35.5. The number of nitrogens with zero attached hydrogens (tertiary/aromatic N) is 2. The summed E-state index contributed by atoms with van der Waals surface area (Å²) in [5.74, 6) is 1.87. The molecule has 0 saturated heterocycles. The number of hydrogen-bond donors (Lipinski definition) is 1. The summed E-state index contributed by atoms with van der Waals surface area (Å²) in [6.07, 6.45) is 0. The van der Waals surface area contributed by atoms with Crippen molar-refractivity contribution in [3.05, 3.63) is 59.2 Å². The Morgan fingerprint density at radius 3 is 2.25 bits per heavy atom. The van der Waals surface area contributed by atoms with Gasteiger partial charge in [-0.15, -0.1) is 0 Å². The molecule has 0 amide bonds. The topological polar surface area (TPSA) is 70.3 Å². The molecule has 5 nitrogen and oxygen atoms in total. The quantitative estimate of drug-likeness (QED) is 0.708. The maximum Gasteiger partial charge on any atom is 0.206 e. The Bertz CT molecular complexity index is 843. The molecule has 1 heterocycles. The third-order valence-electron chi connectivity index (χ3n) is 3.44. The van der Waals surface area contributed by atoms with Crippen LogP contribution in [0.1, 0.15) is 5.56 Å². The van der Waals surface area contributed by atoms with Gasteiger partial charge in [-0.2, -0.15) is 0 Å². The molecule has 0 aliphatic carbocycles. The van der Waals surface area contributed by atoms with Crippen molar-refractivity contribution in [2.24, 2.45) is 0 Å². The number of halogens is 1. The van der Waals surface area contributed by atoms with E-state index < -0.39 is 0 Å². The van der Waals surface area contributed by atoms with Crippen LogP contribution in [0.4, 0.5) is 5.82 Å². The van der Waals surface area contributed by atoms with Crippen molar-refractivity contribution < 1.29 is 9.47 Å². The van der Waals surface area contributed by atoms with Gasteiger partial charge in [-0.25, -0.2) is 9.97 Å². The Labute approximate surface area is 145 Å². The van der Waals surface area contributed by atoms with Crippen LogP contribution in [-0.2, 0) is 0 Å². The van der Waals surface area contributed by atoms with E-state index in [0.717, 1.165) is 11.1 Å². The zero-order valence-electron chi connectivity index (χ0n) is 13.3. The molecule has 0 unspecified atom stereocenters. The number of anilines is 1. The van der Waals surface area contributed by atoms with Crippen LogP contribution in [0.2, 0.25) is 5.15 Å². The number of methoxy groups -OCH3 is 1. The van der Waals surface area contributed by atoms with Crippen molar-refractivity contribution in [3.8, 4) is 28.6 Å². The maximum atomic E-state index is 6.26. The van der Waals surface area contributed by atoms with Gasteiger partial charge in [0.1, 0.15) is 0 Å². The van der Waals surface area contributed by atoms with Crippen LogP contribution in [0, 0.1) is 6.92 Å². The average Bonchev–Trinajstić information content (AvgIpc) is 2.59. The normalized spacial score (nSPS) is 10.5. The molecular formula is C18H16ClN3O2. The molecule has 0 saturated carbocycles. The zero-order valence-corrected chi connectivity index (χ0v) is 14.0. The summed E-state index contributed by atoms with van der Waals surface area (Å²) in [5, 5.41) is 0.143. The minimum absolute atomic E-state index is 0.143. The maximum absolute atomic E-state index is 6.26. The van der Waals surface area contributed by atoms with Gasteiger partial charge in [0.2, 0.25) is 5.75 Å². The molecule has 3 aromatic rings. The first-order valence-electron chi connectivity index (χ1n) is 7.29. The second-order valence-electron chi connectivity index (χ2n) is 5.17. The van der Waals surface area contributed by atoms with Crippen molar-refractivity contribution >= 4 is 17.4 Å². The van der Waals surface area contributed by atoms with E-state index in [0.29, 0.717) is 17.3 Å². The highest BCUT2D eigenvalue weighted by Gasteiger charge is 2.16. The number of rotatable bonds is 4. The molecular weight excluding hydrogens is 326 g/mol. The molecule has 0 atom stereocenters. The van der Waals surface area contributed by atoms with Crippen molar-refractivity contribution in [1.29, 1.82) is 0 Å². The molecule has 0 spiro atoms. The van der Waals surface area contributed by atoms with E-state index in [-0.39, 0.29) is 16.7 Å². The Morgan fingerprint density at radius 2 is 1.62 bits per heavy atom. The SMILES string of the molecule is COc1ccccc1Oc1c(N)nc(-c2ccc(C)cc2)nc1Cl. The van der Waals surface area contributed by atoms with E-state index in [4.69, 9.17) is 26.8 Å². The predicted molar refractivity (Wildman–Crippen MR) is 94.7 cm³/mol. The molecule has 0 radical (unpaired) electrons. The summed E-state index contributed by atoms with van der Waals surface area (Å²) < 4.78 is 11.0. The first kappa shape index (κ1) is 16.1. The summed E-state index contributed by atoms with van der Waals surface area (Å²) in [5.41, 5.74) is 8.01. The van der Waals surface area contributed by atoms with Crippen molar-refractivity contribution in [2.75, 3.05) is 12.8 Å². The summed E-state index contributed by atoms with van der Waals surface area (Å²) in [6.45, 7) is 2.01. The lowest BCUT2D eigenvalue weighted by Gasteiger charge is -2.13. The highest BCUT2D eigenvalue weighted by Crippen LogP contribution is 2.37. The lowest BCUT2D eigenvalue weighted by molar-refractivity contribution is 0.378. The third kappa shape index (κ3) is 3.26. The fourth-order valence-corrected chi connectivity index (χ4v) is 2.39. The van der Waals surface area contributed by atoms with Crippen molar-refractivity contribution in [2.45, 2.75) is 6.92 Å². The van der Waals surface area contributed by atoms with Crippen LogP contribution >= 0.6 is 11.6 Å². The molecule has 0 bridgehead atoms. The molecule has 0 aliphatic rings. The van der Waals surface area contributed by atoms with E-state index in [9.17, 15) is 0 Å². The number of nitrogens with two attached hydrogens (primary N) is 1. The summed E-state index contributed by atoms with van der Waals surface area (Å²) in [6, 6.07) is 15.0. The van der Waals surface area contributed by atoms with E-state index in [1.54, 1.807) is 19.2 Å². The number of para-hydroxylation sites is 2. The van der Waals surface area contributed by atoms with Gasteiger partial charge in [-0.1, -0.05) is 53.6 Å². The number of aromatic nitrogens is 2. The molecule has 2 N–H and O–H groups in total. The van der Waals surface area contributed by atoms with Gasteiger partial charge in [-0.3, -0.25) is 0 Å². The Kier molecular flexibility index (Phi) is 4.53. The molecule has 0 fully saturated rings. The summed E-state index contributed by atoms with van der Waals surface area (Å²) >= 11 is 6.26. The lowest BCUT2D eigenvalue weighted by Crippen LogP contribution is -2.01. The smallest absolute Gasteiger partial charge is 0.206 e. The van der Waals surface area contributed by atoms with Gasteiger partial charge < -0.3 is 15.2 Å². The van der Waals surface area contributed by atoms with Gasteiger partial charge in [0.05, 0.1) is 7.11 Å². The number of hydrogen-bond acceptors (Lipinski definition) is 5. The fraction of sp³-hybridized carbons (Fsp3) is 0.111. The van der Waals surface area contributed by atoms with Crippen LogP contribution in [0.15, 0.2) is 48.5 Å². The second-order valence-corrected chi connectivity index (χ2v) is 5.53. The monoisotopic (exact) mass is 341 g/mol. The number of aryl methyl sites for hydroxylation is 1. The van der Waals surface area contributed by atoms with Crippen LogP contribution in [0.3, 0.4) is 0 Å². The van der Waals surface area contributed by atoms with E-state index in [1.807, 2.05) is 43.3 Å². The van der Waals surface area contributed by atoms with Gasteiger partial charge >= 0.3 is 0 Å². The molecule has 6 heteroatoms. The van der Waals surface area contributed by atoms with Crippen molar-refractivity contribution in [3.63, 3.8) is 0 Å². The van der Waals surface area contributed by atoms with Crippen LogP contribution in [-0.4, -0.2) is 17.1 Å². The average molecular weight is 342 g/mol. The Hall–Kier alpha value is -2.79. The van der Waals surface area contributed by atoms with Gasteiger partial charge in [0.15, 0.2) is 28.3 Å². The van der Waals surface area contributed by atoms with E-state index >= 15 is 0 Å². The zero-order chi connectivity index (χ0) is 17.1. The van der Waals surface area contributed by atoms with E-state index in [2.05, 4.69) is 9.97 Å². The standard InChI is InChI=1S/C18H16ClN3O2/c1-11-7-9-12(10-8-11)18-21-16(19)15(17(20)22-18)24-14-6-4-3-5-13(14)23-2/h3-10H,1-2H3,(H2,20,21,22). The molecule has 24 heavy (non-hydrogen) atoms. The predicted octanol–water partition coefficient (Wildman–Crippen LogP) is 4.49. The summed E-state index contributed by atoms with van der Waals surface area (Å²) in [4.78, 5) is 8.60. The highest BCUT2D eigenvalue weighted by molar-refractivity contribution is 6.31. The van der Waals surface area contributed by atoms with E-state index in [1.165, 1.54) is 0 Å². The lowest BCUT2D eigenvalue weighted by atomic mass is 10.1. The first-order chi connectivity index (χ1) is 11.6. The van der Waals surface area contributed by atoms with Crippen molar-refractivity contribution in [1.82, 2.24) is 9.97 Å². The minimum Gasteiger partial charge on any atom is -0.493 e. The van der Waals surface area contributed by atoms with Crippen LogP contribution in [0.25, 0.3) is 11.4 Å². The molecule has 3 rings (SSSR count). The van der Waals surface area contributed by atoms with Crippen LogP contribution < -0.4 is 15.2 Å². The number of nitrogen functional groups attached to an aromatic ring is 1. The first-order valence-corrected chi connectivity index (χ1v) is 7.67. The summed E-state index contributed by atoms with van der Waals surface area (Å²) in [7, 11) is 1.56. The molecule has 2 aromatic carbocycles. The number of benzene rings is 2. The Morgan fingerprint density at radius 1 is 0.958 bits per heavy atom. The Balaban J connectivity index is 1.97. The fourth-order valence-electron chi connectivity index (χ4n) is 2.18. The van der Waals surface area contributed by atoms with Gasteiger partial charge in [0.25, 0.3) is 0 Å². The minimum atomic E-state index is 0.143. The van der Waals surface area contributed by atoms with Crippen LogP contribution in [0.5, 0.6) is 17.2 Å². The molecule has 122 valence electrons.